The van der Waals surface area contributed by atoms with E-state index in [9.17, 15) is 9.59 Å². The van der Waals surface area contributed by atoms with Crippen molar-refractivity contribution in [2.24, 2.45) is 0 Å². The molecule has 0 spiro atoms. The van der Waals surface area contributed by atoms with Crippen LogP contribution in [0.5, 0.6) is 17.2 Å². The van der Waals surface area contributed by atoms with Crippen LogP contribution >= 0.6 is 11.3 Å². The number of carboxylic acids is 1. The first-order chi connectivity index (χ1) is 14.5. The molecule has 1 N–H and O–H groups in total. The molecule has 0 bridgehead atoms. The average Bonchev–Trinajstić information content (AvgIpc) is 3.18. The number of benzene rings is 1. The molecule has 7 nitrogen and oxygen atoms in total. The third-order valence-corrected chi connectivity index (χ3v) is 5.54. The van der Waals surface area contributed by atoms with Gasteiger partial charge in [0, 0.05) is 45.3 Å². The Morgan fingerprint density at radius 1 is 0.933 bits per heavy atom. The first-order valence-corrected chi connectivity index (χ1v) is 9.85. The van der Waals surface area contributed by atoms with E-state index in [2.05, 4.69) is 4.98 Å². The van der Waals surface area contributed by atoms with E-state index in [4.69, 9.17) is 19.3 Å². The molecule has 0 fully saturated rings. The highest BCUT2D eigenvalue weighted by atomic mass is 32.1. The van der Waals surface area contributed by atoms with Gasteiger partial charge in [0.1, 0.15) is 0 Å². The number of hydrogen-bond acceptors (Lipinski definition) is 7. The summed E-state index contributed by atoms with van der Waals surface area (Å²) in [5.41, 5.74) is 1.88. The van der Waals surface area contributed by atoms with E-state index in [1.165, 1.54) is 31.8 Å². The van der Waals surface area contributed by atoms with Crippen LogP contribution in [-0.2, 0) is 17.6 Å². The molecule has 2 aromatic heterocycles. The third kappa shape index (κ3) is 4.60. The number of aliphatic carboxylic acids is 1. The first kappa shape index (κ1) is 21.3. The van der Waals surface area contributed by atoms with Crippen molar-refractivity contribution in [3.63, 3.8) is 0 Å². The molecule has 0 atom stereocenters. The zero-order chi connectivity index (χ0) is 21.7. The van der Waals surface area contributed by atoms with Crippen LogP contribution in [0.4, 0.5) is 0 Å². The Morgan fingerprint density at radius 3 is 2.27 bits per heavy atom. The van der Waals surface area contributed by atoms with Crippen LogP contribution in [-0.4, -0.2) is 43.2 Å². The molecule has 1 aromatic carbocycles. The predicted octanol–water partition coefficient (Wildman–Crippen LogP) is 3.89. The lowest BCUT2D eigenvalue weighted by Crippen LogP contribution is -2.03. The van der Waals surface area contributed by atoms with Crippen molar-refractivity contribution in [1.29, 1.82) is 0 Å². The fraction of sp³-hybridized carbons (Fsp3) is 0.227. The van der Waals surface area contributed by atoms with Gasteiger partial charge in [0.15, 0.2) is 17.3 Å². The third-order valence-electron chi connectivity index (χ3n) is 4.45. The molecular formula is C22H21NO6S. The molecule has 2 heterocycles. The molecule has 0 aliphatic carbocycles. The topological polar surface area (TPSA) is 95.0 Å². The van der Waals surface area contributed by atoms with Gasteiger partial charge in [-0.25, -0.2) is 0 Å². The van der Waals surface area contributed by atoms with Gasteiger partial charge in [0.05, 0.1) is 27.8 Å². The fourth-order valence-corrected chi connectivity index (χ4v) is 4.10. The minimum atomic E-state index is -0.893. The molecule has 0 aliphatic heterocycles. The Bertz CT molecular complexity index is 1080. The maximum absolute atomic E-state index is 12.8. The number of methoxy groups -OCH3 is 3. The van der Waals surface area contributed by atoms with Gasteiger partial charge in [-0.15, -0.1) is 11.3 Å². The van der Waals surface area contributed by atoms with Crippen LogP contribution < -0.4 is 14.2 Å². The molecule has 3 aromatic rings. The second-order valence-electron chi connectivity index (χ2n) is 6.38. The van der Waals surface area contributed by atoms with E-state index >= 15 is 0 Å². The molecule has 30 heavy (non-hydrogen) atoms. The molecule has 0 amide bonds. The summed E-state index contributed by atoms with van der Waals surface area (Å²) in [6.45, 7) is 0. The first-order valence-electron chi connectivity index (χ1n) is 9.03. The summed E-state index contributed by atoms with van der Waals surface area (Å²) >= 11 is 1.33. The van der Waals surface area contributed by atoms with Crippen molar-refractivity contribution in [2.45, 2.75) is 12.8 Å². The monoisotopic (exact) mass is 427 g/mol. The Labute approximate surface area is 177 Å². The Hall–Kier alpha value is -3.39. The summed E-state index contributed by atoms with van der Waals surface area (Å²) < 4.78 is 16.3. The molecular weight excluding hydrogens is 406 g/mol. The van der Waals surface area contributed by atoms with Crippen molar-refractivity contribution in [2.75, 3.05) is 21.3 Å². The number of pyridine rings is 1. The van der Waals surface area contributed by atoms with Gasteiger partial charge in [-0.05, 0) is 30.3 Å². The normalized spacial score (nSPS) is 10.5. The van der Waals surface area contributed by atoms with E-state index in [-0.39, 0.29) is 18.6 Å². The van der Waals surface area contributed by atoms with E-state index in [0.717, 1.165) is 10.4 Å². The van der Waals surface area contributed by atoms with Crippen molar-refractivity contribution in [1.82, 2.24) is 4.98 Å². The van der Waals surface area contributed by atoms with Crippen LogP contribution in [0.15, 0.2) is 42.7 Å². The molecule has 0 aliphatic rings. The van der Waals surface area contributed by atoms with E-state index in [1.54, 1.807) is 37.6 Å². The predicted molar refractivity (Wildman–Crippen MR) is 113 cm³/mol. The number of aromatic nitrogens is 1. The number of nitrogens with zero attached hydrogens (tertiary/aromatic N) is 1. The molecule has 0 saturated carbocycles. The highest BCUT2D eigenvalue weighted by Gasteiger charge is 2.18. The van der Waals surface area contributed by atoms with Crippen LogP contribution in [0.1, 0.15) is 20.1 Å². The lowest BCUT2D eigenvalue weighted by Gasteiger charge is -2.16. The lowest BCUT2D eigenvalue weighted by atomic mass is 10.0. The van der Waals surface area contributed by atoms with Crippen LogP contribution in [0, 0.1) is 0 Å². The van der Waals surface area contributed by atoms with Gasteiger partial charge in [-0.1, -0.05) is 0 Å². The Morgan fingerprint density at radius 2 is 1.63 bits per heavy atom. The summed E-state index contributed by atoms with van der Waals surface area (Å²) in [5, 5.41) is 8.89. The smallest absolute Gasteiger partial charge is 0.308 e. The molecule has 156 valence electrons. The van der Waals surface area contributed by atoms with Gasteiger partial charge in [-0.2, -0.15) is 0 Å². The number of ether oxygens (including phenoxy) is 3. The van der Waals surface area contributed by atoms with Gasteiger partial charge in [0.25, 0.3) is 0 Å². The number of carboxylic acid groups (broad SMARTS) is 1. The lowest BCUT2D eigenvalue weighted by molar-refractivity contribution is -0.136. The Kier molecular flexibility index (Phi) is 6.68. The summed E-state index contributed by atoms with van der Waals surface area (Å²) in [7, 11) is 4.61. The largest absolute Gasteiger partial charge is 0.493 e. The van der Waals surface area contributed by atoms with Crippen LogP contribution in [0.2, 0.25) is 0 Å². The Balaban J connectivity index is 1.88. The molecule has 0 radical (unpaired) electrons. The highest BCUT2D eigenvalue weighted by molar-refractivity contribution is 7.12. The van der Waals surface area contributed by atoms with E-state index in [0.29, 0.717) is 33.3 Å². The second kappa shape index (κ2) is 9.41. The summed E-state index contributed by atoms with van der Waals surface area (Å²) in [6.07, 6.45) is 3.30. The van der Waals surface area contributed by atoms with Gasteiger partial charge in [-0.3, -0.25) is 14.6 Å². The quantitative estimate of drug-likeness (QED) is 0.518. The van der Waals surface area contributed by atoms with Crippen LogP contribution in [0.25, 0.3) is 11.1 Å². The maximum atomic E-state index is 12.8. The van der Waals surface area contributed by atoms with Crippen molar-refractivity contribution >= 4 is 23.1 Å². The zero-order valence-electron chi connectivity index (χ0n) is 16.8. The van der Waals surface area contributed by atoms with E-state index in [1.807, 2.05) is 6.07 Å². The highest BCUT2D eigenvalue weighted by Crippen LogP contribution is 2.44. The molecule has 3 rings (SSSR count). The van der Waals surface area contributed by atoms with Gasteiger partial charge < -0.3 is 19.3 Å². The average molecular weight is 427 g/mol. The van der Waals surface area contributed by atoms with Crippen LogP contribution in [0.3, 0.4) is 0 Å². The van der Waals surface area contributed by atoms with Gasteiger partial charge >= 0.3 is 5.97 Å². The number of rotatable bonds is 9. The number of hydrogen-bond donors (Lipinski definition) is 1. The fourth-order valence-electron chi connectivity index (χ4n) is 3.09. The van der Waals surface area contributed by atoms with Gasteiger partial charge in [0.2, 0.25) is 5.75 Å². The van der Waals surface area contributed by atoms with E-state index < -0.39 is 5.97 Å². The maximum Gasteiger partial charge on any atom is 0.308 e. The number of carbonyl (C=O) groups excluding carboxylic acids is 1. The number of Topliss-reactive ketones (excluding diaryl/α,β-unsaturated/α-hetero) is 1. The van der Waals surface area contributed by atoms with Crippen molar-refractivity contribution in [3.8, 4) is 28.4 Å². The summed E-state index contributed by atoms with van der Waals surface area (Å²) in [6, 6.07) is 8.87. The standard InChI is InChI=1S/C22H21NO6S/c1-27-19-7-6-17(21(28-2)22(19)29-3)13-8-14(12-23-11-13)18(24)9-15-4-5-16(30-15)10-20(25)26/h4-8,11-12H,9-10H2,1-3H3,(H,25,26). The minimum Gasteiger partial charge on any atom is -0.493 e. The zero-order valence-corrected chi connectivity index (χ0v) is 17.6. The number of ketones is 1. The number of carbonyl (C=O) groups is 2. The number of thiophene rings is 1. The second-order valence-corrected chi connectivity index (χ2v) is 7.64. The van der Waals surface area contributed by atoms with Crippen molar-refractivity contribution < 1.29 is 28.9 Å². The summed E-state index contributed by atoms with van der Waals surface area (Å²) in [4.78, 5) is 29.4. The SMILES string of the molecule is COc1ccc(-c2cncc(C(=O)Cc3ccc(CC(=O)O)s3)c2)c(OC)c1OC. The van der Waals surface area contributed by atoms with Crippen molar-refractivity contribution in [3.05, 3.63) is 58.0 Å². The molecule has 0 unspecified atom stereocenters. The minimum absolute atomic E-state index is 0.0466. The summed E-state index contributed by atoms with van der Waals surface area (Å²) in [5.74, 6) is 0.481. The molecule has 8 heteroatoms. The molecule has 0 saturated heterocycles.